The van der Waals surface area contributed by atoms with Crippen LogP contribution in [0.3, 0.4) is 0 Å². The summed E-state index contributed by atoms with van der Waals surface area (Å²) in [5, 5.41) is 2.75. The van der Waals surface area contributed by atoms with E-state index in [1.165, 1.54) is 36.4 Å². The molecule has 0 saturated carbocycles. The van der Waals surface area contributed by atoms with Gasteiger partial charge in [0.25, 0.3) is 0 Å². The number of halogens is 2. The number of amides is 1. The number of nitrogens with two attached hydrogens (primary N) is 1. The minimum absolute atomic E-state index is 0. The summed E-state index contributed by atoms with van der Waals surface area (Å²) < 4.78 is 94.9. The number of nitrogen functional groups attached to an aromatic ring is 1. The first-order valence-electron chi connectivity index (χ1n) is 17.3. The Morgan fingerprint density at radius 2 is 0.895 bits per heavy atom. The first-order valence-corrected chi connectivity index (χ1v) is 23.9. The second-order valence-electron chi connectivity index (χ2n) is 9.98. The quantitative estimate of drug-likeness (QED) is 0.0464. The minimum atomic E-state index is -3.79. The van der Waals surface area contributed by atoms with Gasteiger partial charge < -0.3 is 47.2 Å². The normalized spacial score (nSPS) is 11.3. The summed E-state index contributed by atoms with van der Waals surface area (Å²) in [5.74, 6) is -0.499. The number of anilines is 2. The van der Waals surface area contributed by atoms with Crippen LogP contribution >= 0.6 is 42.0 Å². The molecule has 0 bridgehead atoms. The zero-order chi connectivity index (χ0) is 42.3. The molecule has 0 spiro atoms. The third-order valence-corrected chi connectivity index (χ3v) is 14.9. The summed E-state index contributed by atoms with van der Waals surface area (Å²) in [6, 6.07) is 8.77. The lowest BCUT2D eigenvalue weighted by Crippen LogP contribution is -2.23. The Balaban J connectivity index is -0.000000893. The fourth-order valence-electron chi connectivity index (χ4n) is 4.23. The van der Waals surface area contributed by atoms with Crippen molar-refractivity contribution >= 4 is 85.7 Å². The van der Waals surface area contributed by atoms with Crippen molar-refractivity contribution in [1.82, 2.24) is 0 Å². The SMILES string of the molecule is C.C=CC(=O)Cl.C=CC(=O)Nc1ccc(P(=O)(OCC)OCC)cc1P(=O)(OCC)OCC.CCOP(=O)(OCC)c1ccc(N)c(P(=O)(OCC)OCC)c1.F. The van der Waals surface area contributed by atoms with Gasteiger partial charge in [0.05, 0.1) is 79.8 Å². The lowest BCUT2D eigenvalue weighted by Gasteiger charge is -2.23. The van der Waals surface area contributed by atoms with Gasteiger partial charge in [-0.05, 0) is 116 Å². The Morgan fingerprint density at radius 3 is 1.21 bits per heavy atom. The number of rotatable bonds is 23. The third kappa shape index (κ3) is 18.6. The van der Waals surface area contributed by atoms with Crippen LogP contribution in [0.4, 0.5) is 16.1 Å². The Kier molecular flexibility index (Phi) is 30.9. The largest absolute Gasteiger partial charge is 0.398 e. The van der Waals surface area contributed by atoms with E-state index in [0.717, 1.165) is 12.2 Å². The molecule has 0 atom stereocenters. The van der Waals surface area contributed by atoms with Gasteiger partial charge in [0.1, 0.15) is 0 Å². The lowest BCUT2D eigenvalue weighted by atomic mass is 10.3. The Hall–Kier alpha value is -2.32. The van der Waals surface area contributed by atoms with E-state index in [1.54, 1.807) is 55.4 Å². The number of benzene rings is 2. The summed E-state index contributed by atoms with van der Waals surface area (Å²) in [5.41, 5.74) is 6.36. The van der Waals surface area contributed by atoms with Gasteiger partial charge in [-0.25, -0.2) is 0 Å². The third-order valence-electron chi connectivity index (χ3n) is 6.21. The zero-order valence-corrected chi connectivity index (χ0v) is 37.4. The Bertz CT molecular complexity index is 1710. The van der Waals surface area contributed by atoms with Crippen LogP contribution < -0.4 is 32.3 Å². The molecule has 2 aromatic carbocycles. The highest BCUT2D eigenvalue weighted by molar-refractivity contribution is 7.64. The molecule has 0 aliphatic rings. The predicted molar refractivity (Wildman–Crippen MR) is 228 cm³/mol. The van der Waals surface area contributed by atoms with Crippen molar-refractivity contribution in [3.8, 4) is 0 Å². The first kappa shape index (κ1) is 59.0. The molecule has 0 radical (unpaired) electrons. The average Bonchev–Trinajstić information content (AvgIpc) is 3.13. The van der Waals surface area contributed by atoms with Gasteiger partial charge in [0.15, 0.2) is 0 Å². The van der Waals surface area contributed by atoms with Gasteiger partial charge >= 0.3 is 30.4 Å². The molecular weight excluding hydrogens is 851 g/mol. The maximum Gasteiger partial charge on any atom is 0.363 e. The highest BCUT2D eigenvalue weighted by atomic mass is 35.5. The van der Waals surface area contributed by atoms with E-state index < -0.39 is 41.5 Å². The van der Waals surface area contributed by atoms with Crippen LogP contribution in [-0.4, -0.2) is 64.0 Å². The van der Waals surface area contributed by atoms with E-state index in [-0.39, 0.29) is 97.6 Å². The molecule has 2 rings (SSSR count). The van der Waals surface area contributed by atoms with E-state index in [1.807, 2.05) is 0 Å². The maximum atomic E-state index is 13.3. The first-order chi connectivity index (χ1) is 25.9. The van der Waals surface area contributed by atoms with Crippen molar-refractivity contribution in [1.29, 1.82) is 0 Å². The fraction of sp³-hybridized carbons (Fsp3) is 0.486. The Labute approximate surface area is 342 Å². The van der Waals surface area contributed by atoms with E-state index in [0.29, 0.717) is 0 Å². The van der Waals surface area contributed by atoms with Crippen LogP contribution in [0.2, 0.25) is 0 Å². The highest BCUT2D eigenvalue weighted by Gasteiger charge is 2.36. The molecule has 0 aromatic heterocycles. The number of carbonyl (C=O) groups is 2. The van der Waals surface area contributed by atoms with Crippen molar-refractivity contribution in [2.75, 3.05) is 63.9 Å². The standard InChI is InChI=1S/C17H27NO7P2.C14H25NO6P2.C3H3ClO.CH4.FH/c1-6-17(19)18-15-12-11-14(26(20,22-7-2)23-8-3)13-16(15)27(21,24-9-4)25-10-5;1-5-18-22(16,19-6-2)12-9-10-13(15)14(11-12)23(17,20-7-3)21-8-4;1-2-3(4)5;;/h6,11-13H,1,7-10H2,2-5H3,(H,18,19);9-11H,5-8,15H2,1-4H3;2H,1H2;1H4;1H. The predicted octanol–water partition coefficient (Wildman–Crippen LogP) is 8.37. The maximum absolute atomic E-state index is 13.3. The monoisotopic (exact) mass is 910 g/mol. The van der Waals surface area contributed by atoms with Crippen LogP contribution in [0.15, 0.2) is 61.7 Å². The molecule has 16 nitrogen and oxygen atoms in total. The number of hydrogen-bond donors (Lipinski definition) is 2. The minimum Gasteiger partial charge on any atom is -0.398 e. The van der Waals surface area contributed by atoms with Gasteiger partial charge in [-0.2, -0.15) is 0 Å². The number of carbonyl (C=O) groups excluding carboxylic acids is 2. The zero-order valence-electron chi connectivity index (χ0n) is 33.1. The summed E-state index contributed by atoms with van der Waals surface area (Å²) in [6.07, 6.45) is 2.12. The van der Waals surface area contributed by atoms with Crippen molar-refractivity contribution in [2.45, 2.75) is 62.8 Å². The van der Waals surface area contributed by atoms with E-state index in [4.69, 9.17) is 53.5 Å². The van der Waals surface area contributed by atoms with Crippen molar-refractivity contribution in [2.24, 2.45) is 0 Å². The summed E-state index contributed by atoms with van der Waals surface area (Å²) in [7, 11) is -14.5. The van der Waals surface area contributed by atoms with Crippen LogP contribution in [-0.2, 0) is 64.0 Å². The highest BCUT2D eigenvalue weighted by Crippen LogP contribution is 2.52. The van der Waals surface area contributed by atoms with Crippen LogP contribution in [0.5, 0.6) is 0 Å². The van der Waals surface area contributed by atoms with Gasteiger partial charge in [0.2, 0.25) is 11.1 Å². The second-order valence-corrected chi connectivity index (χ2v) is 18.4. The molecular formula is C35H60ClFN2O14P4. The molecule has 0 fully saturated rings. The molecule has 0 heterocycles. The summed E-state index contributed by atoms with van der Waals surface area (Å²) in [4.78, 5) is 21.2. The van der Waals surface area contributed by atoms with Crippen LogP contribution in [0, 0.1) is 0 Å². The molecule has 328 valence electrons. The average molecular weight is 911 g/mol. The topological polar surface area (TPSA) is 214 Å². The molecule has 3 N–H and O–H groups in total. The smallest absolute Gasteiger partial charge is 0.363 e. The van der Waals surface area contributed by atoms with Crippen LogP contribution in [0.1, 0.15) is 62.8 Å². The molecule has 57 heavy (non-hydrogen) atoms. The second kappa shape index (κ2) is 29.8. The lowest BCUT2D eigenvalue weighted by molar-refractivity contribution is -0.112. The van der Waals surface area contributed by atoms with Crippen molar-refractivity contribution < 1.29 is 68.7 Å². The van der Waals surface area contributed by atoms with E-state index in [9.17, 15) is 27.8 Å². The number of nitrogens with one attached hydrogen (secondary N) is 1. The van der Waals surface area contributed by atoms with Gasteiger partial charge in [-0.15, -0.1) is 0 Å². The summed E-state index contributed by atoms with van der Waals surface area (Å²) >= 11 is 4.71. The molecule has 1 amide bonds. The molecule has 0 aliphatic carbocycles. The Morgan fingerprint density at radius 1 is 0.596 bits per heavy atom. The van der Waals surface area contributed by atoms with Crippen molar-refractivity contribution in [3.63, 3.8) is 0 Å². The molecule has 2 aromatic rings. The molecule has 0 saturated heterocycles. The summed E-state index contributed by atoms with van der Waals surface area (Å²) in [6.45, 7) is 21.4. The molecule has 22 heteroatoms. The van der Waals surface area contributed by atoms with Gasteiger partial charge in [-0.3, -0.25) is 32.6 Å². The number of allylic oxidation sites excluding steroid dienone is 1. The molecule has 0 unspecified atom stereocenters. The fourth-order valence-corrected chi connectivity index (χ4v) is 11.1. The number of hydrogen-bond acceptors (Lipinski definition) is 15. The van der Waals surface area contributed by atoms with Crippen LogP contribution in [0.25, 0.3) is 0 Å². The van der Waals surface area contributed by atoms with E-state index in [2.05, 4.69) is 18.5 Å². The van der Waals surface area contributed by atoms with Gasteiger partial charge in [-0.1, -0.05) is 20.6 Å². The van der Waals surface area contributed by atoms with Gasteiger partial charge in [0, 0.05) is 5.69 Å². The van der Waals surface area contributed by atoms with E-state index >= 15 is 0 Å². The van der Waals surface area contributed by atoms with Crippen molar-refractivity contribution in [3.05, 3.63) is 61.7 Å². The molecule has 0 aliphatic heterocycles.